The van der Waals surface area contributed by atoms with Crippen LogP contribution in [-0.4, -0.2) is 24.7 Å². The summed E-state index contributed by atoms with van der Waals surface area (Å²) in [5.41, 5.74) is 7.66. The van der Waals surface area contributed by atoms with Crippen molar-refractivity contribution in [1.29, 1.82) is 0 Å². The smallest absolute Gasteiger partial charge is 0.181 e. The van der Waals surface area contributed by atoms with Crippen LogP contribution in [0.3, 0.4) is 0 Å². The summed E-state index contributed by atoms with van der Waals surface area (Å²) in [7, 11) is 1.96. The number of rotatable bonds is 4. The highest BCUT2D eigenvalue weighted by Gasteiger charge is 2.08. The van der Waals surface area contributed by atoms with E-state index in [2.05, 4.69) is 20.2 Å². The van der Waals surface area contributed by atoms with Crippen LogP contribution in [0.15, 0.2) is 36.7 Å². The van der Waals surface area contributed by atoms with Gasteiger partial charge < -0.3 is 10.3 Å². The molecule has 102 valence electrons. The highest BCUT2D eigenvalue weighted by atomic mass is 15.2. The van der Waals surface area contributed by atoms with Crippen molar-refractivity contribution in [3.8, 4) is 11.4 Å². The summed E-state index contributed by atoms with van der Waals surface area (Å²) in [5, 5.41) is 7.21. The molecule has 0 bridgehead atoms. The second-order valence-corrected chi connectivity index (χ2v) is 4.64. The van der Waals surface area contributed by atoms with Crippen LogP contribution in [0.4, 0.5) is 0 Å². The van der Waals surface area contributed by atoms with E-state index in [0.717, 1.165) is 22.8 Å². The quantitative estimate of drug-likeness (QED) is 0.745. The molecule has 0 aliphatic heterocycles. The first-order chi connectivity index (χ1) is 9.76. The molecular formula is C14H16N6. The first-order valence-electron chi connectivity index (χ1n) is 6.43. The van der Waals surface area contributed by atoms with E-state index in [-0.39, 0.29) is 0 Å². The van der Waals surface area contributed by atoms with Gasteiger partial charge in [-0.3, -0.25) is 5.10 Å². The molecular weight excluding hydrogens is 252 g/mol. The minimum atomic E-state index is 0.540. The minimum Gasteiger partial charge on any atom is -0.338 e. The van der Waals surface area contributed by atoms with E-state index >= 15 is 0 Å². The number of hydrogen-bond acceptors (Lipinski definition) is 4. The van der Waals surface area contributed by atoms with E-state index in [9.17, 15) is 0 Å². The van der Waals surface area contributed by atoms with E-state index in [1.54, 1.807) is 6.20 Å². The molecule has 0 atom stereocenters. The first-order valence-corrected chi connectivity index (χ1v) is 6.43. The number of imidazole rings is 1. The number of aromatic nitrogens is 5. The number of nitrogens with one attached hydrogen (secondary N) is 1. The zero-order valence-corrected chi connectivity index (χ0v) is 11.2. The van der Waals surface area contributed by atoms with Crippen molar-refractivity contribution in [3.05, 3.63) is 53.9 Å². The number of nitrogens with zero attached hydrogens (tertiary/aromatic N) is 4. The second-order valence-electron chi connectivity index (χ2n) is 4.64. The van der Waals surface area contributed by atoms with Crippen LogP contribution < -0.4 is 5.73 Å². The molecule has 6 heteroatoms. The highest BCUT2D eigenvalue weighted by Crippen LogP contribution is 2.16. The summed E-state index contributed by atoms with van der Waals surface area (Å²) in [6.45, 7) is 0.540. The van der Waals surface area contributed by atoms with E-state index in [1.165, 1.54) is 0 Å². The predicted octanol–water partition coefficient (Wildman–Crippen LogP) is 1.25. The van der Waals surface area contributed by atoms with Crippen LogP contribution in [0.25, 0.3) is 11.4 Å². The summed E-state index contributed by atoms with van der Waals surface area (Å²) < 4.78 is 1.97. The first kappa shape index (κ1) is 12.6. The molecule has 0 saturated carbocycles. The average molecular weight is 268 g/mol. The lowest BCUT2D eigenvalue weighted by molar-refractivity contribution is 0.797. The summed E-state index contributed by atoms with van der Waals surface area (Å²) >= 11 is 0. The van der Waals surface area contributed by atoms with Gasteiger partial charge in [0.15, 0.2) is 5.82 Å². The Hall–Kier alpha value is -2.47. The van der Waals surface area contributed by atoms with E-state index in [4.69, 9.17) is 5.73 Å². The fourth-order valence-corrected chi connectivity index (χ4v) is 2.01. The second kappa shape index (κ2) is 5.26. The van der Waals surface area contributed by atoms with Gasteiger partial charge in [-0.2, -0.15) is 5.10 Å². The molecule has 0 aliphatic carbocycles. The van der Waals surface area contributed by atoms with E-state index < -0.39 is 0 Å². The molecule has 0 unspecified atom stereocenters. The number of H-pyrrole nitrogens is 1. The maximum atomic E-state index is 5.59. The third kappa shape index (κ3) is 2.46. The topological polar surface area (TPSA) is 85.4 Å². The Balaban J connectivity index is 1.80. The molecule has 0 aliphatic rings. The molecule has 20 heavy (non-hydrogen) atoms. The number of aryl methyl sites for hydroxylation is 1. The van der Waals surface area contributed by atoms with Crippen LogP contribution >= 0.6 is 0 Å². The van der Waals surface area contributed by atoms with Gasteiger partial charge in [0.1, 0.15) is 11.6 Å². The van der Waals surface area contributed by atoms with Gasteiger partial charge in [0, 0.05) is 31.5 Å². The van der Waals surface area contributed by atoms with Crippen LogP contribution in [0.5, 0.6) is 0 Å². The van der Waals surface area contributed by atoms with Crippen molar-refractivity contribution in [3.63, 3.8) is 0 Å². The van der Waals surface area contributed by atoms with Crippen molar-refractivity contribution in [2.24, 2.45) is 12.8 Å². The fourth-order valence-electron chi connectivity index (χ4n) is 2.01. The minimum absolute atomic E-state index is 0.540. The van der Waals surface area contributed by atoms with Gasteiger partial charge in [0.05, 0.1) is 6.42 Å². The molecule has 0 amide bonds. The standard InChI is InChI=1S/C14H16N6/c1-20-7-6-16-13(20)8-12-17-14(19-18-12)11-4-2-10(9-15)3-5-11/h2-7H,8-9,15H2,1H3,(H,17,18,19). The molecule has 0 fully saturated rings. The summed E-state index contributed by atoms with van der Waals surface area (Å²) in [4.78, 5) is 8.78. The van der Waals surface area contributed by atoms with Crippen LogP contribution in [0.2, 0.25) is 0 Å². The summed E-state index contributed by atoms with van der Waals surface area (Å²) in [6, 6.07) is 7.94. The zero-order chi connectivity index (χ0) is 13.9. The Morgan fingerprint density at radius 1 is 1.25 bits per heavy atom. The van der Waals surface area contributed by atoms with E-state index in [1.807, 2.05) is 42.1 Å². The van der Waals surface area contributed by atoms with Crippen molar-refractivity contribution < 1.29 is 0 Å². The van der Waals surface area contributed by atoms with Crippen LogP contribution in [0, 0.1) is 0 Å². The molecule has 3 N–H and O–H groups in total. The normalized spacial score (nSPS) is 10.9. The Labute approximate surface area is 116 Å². The van der Waals surface area contributed by atoms with Crippen molar-refractivity contribution in [2.45, 2.75) is 13.0 Å². The number of nitrogens with two attached hydrogens (primary N) is 1. The fraction of sp³-hybridized carbons (Fsp3) is 0.214. The lowest BCUT2D eigenvalue weighted by atomic mass is 10.1. The monoisotopic (exact) mass is 268 g/mol. The highest BCUT2D eigenvalue weighted by molar-refractivity contribution is 5.54. The van der Waals surface area contributed by atoms with Gasteiger partial charge in [0.25, 0.3) is 0 Å². The number of hydrogen-bond donors (Lipinski definition) is 2. The Morgan fingerprint density at radius 2 is 2.05 bits per heavy atom. The summed E-state index contributed by atoms with van der Waals surface area (Å²) in [5.74, 6) is 2.45. The maximum absolute atomic E-state index is 5.59. The SMILES string of the molecule is Cn1ccnc1Cc1nc(-c2ccc(CN)cc2)n[nH]1. The van der Waals surface area contributed by atoms with Crippen molar-refractivity contribution >= 4 is 0 Å². The average Bonchev–Trinajstić information content (AvgIpc) is 3.10. The third-order valence-corrected chi connectivity index (χ3v) is 3.23. The van der Waals surface area contributed by atoms with Crippen molar-refractivity contribution in [1.82, 2.24) is 24.7 Å². The summed E-state index contributed by atoms with van der Waals surface area (Å²) in [6.07, 6.45) is 4.33. The largest absolute Gasteiger partial charge is 0.338 e. The van der Waals surface area contributed by atoms with Gasteiger partial charge in [-0.15, -0.1) is 0 Å². The number of aromatic amines is 1. The van der Waals surface area contributed by atoms with Gasteiger partial charge in [0.2, 0.25) is 0 Å². The molecule has 2 heterocycles. The predicted molar refractivity (Wildman–Crippen MR) is 75.7 cm³/mol. The lowest BCUT2D eigenvalue weighted by Crippen LogP contribution is -1.99. The van der Waals surface area contributed by atoms with E-state index in [0.29, 0.717) is 18.8 Å². The molecule has 0 radical (unpaired) electrons. The molecule has 3 aromatic rings. The zero-order valence-electron chi connectivity index (χ0n) is 11.2. The third-order valence-electron chi connectivity index (χ3n) is 3.23. The Kier molecular flexibility index (Phi) is 3.30. The lowest BCUT2D eigenvalue weighted by Gasteiger charge is -1.98. The van der Waals surface area contributed by atoms with Gasteiger partial charge in [-0.05, 0) is 5.56 Å². The van der Waals surface area contributed by atoms with Crippen LogP contribution in [-0.2, 0) is 20.0 Å². The molecule has 1 aromatic carbocycles. The molecule has 2 aromatic heterocycles. The molecule has 6 nitrogen and oxygen atoms in total. The molecule has 0 saturated heterocycles. The van der Waals surface area contributed by atoms with Crippen molar-refractivity contribution in [2.75, 3.05) is 0 Å². The Morgan fingerprint density at radius 3 is 2.70 bits per heavy atom. The number of benzene rings is 1. The maximum Gasteiger partial charge on any atom is 0.181 e. The Bertz CT molecular complexity index is 695. The van der Waals surface area contributed by atoms with Crippen LogP contribution in [0.1, 0.15) is 17.2 Å². The molecule has 3 rings (SSSR count). The van der Waals surface area contributed by atoms with Gasteiger partial charge in [-0.1, -0.05) is 24.3 Å². The molecule has 0 spiro atoms. The van der Waals surface area contributed by atoms with Gasteiger partial charge in [-0.25, -0.2) is 9.97 Å². The van der Waals surface area contributed by atoms with Gasteiger partial charge >= 0.3 is 0 Å².